The van der Waals surface area contributed by atoms with E-state index in [0.29, 0.717) is 37.1 Å². The molecular weight excluding hydrogens is 284 g/mol. The molecule has 1 atom stereocenters. The number of aliphatic carboxylic acids is 1. The molecule has 1 aromatic carbocycles. The number of hydrogen-bond acceptors (Lipinski definition) is 3. The maximum atomic E-state index is 12.2. The van der Waals surface area contributed by atoms with Crippen LogP contribution in [0.3, 0.4) is 0 Å². The molecule has 6 heteroatoms. The van der Waals surface area contributed by atoms with Gasteiger partial charge >= 0.3 is 5.97 Å². The fourth-order valence-corrected chi connectivity index (χ4v) is 2.52. The van der Waals surface area contributed by atoms with E-state index in [9.17, 15) is 14.4 Å². The van der Waals surface area contributed by atoms with Crippen molar-refractivity contribution < 1.29 is 19.5 Å². The number of nitrogens with one attached hydrogen (secondary N) is 1. The number of benzene rings is 1. The highest BCUT2D eigenvalue weighted by molar-refractivity contribution is 6.00. The molecule has 22 heavy (non-hydrogen) atoms. The van der Waals surface area contributed by atoms with Gasteiger partial charge in [-0.2, -0.15) is 0 Å². The number of carbonyl (C=O) groups excluding carboxylic acids is 2. The summed E-state index contributed by atoms with van der Waals surface area (Å²) in [7, 11) is 0. The molecule has 1 saturated heterocycles. The van der Waals surface area contributed by atoms with Crippen molar-refractivity contribution in [3.63, 3.8) is 0 Å². The Bertz CT molecular complexity index is 585. The number of nitrogens with zero attached hydrogens (tertiary/aromatic N) is 1. The fraction of sp³-hybridized carbons (Fsp3) is 0.438. The molecule has 6 nitrogen and oxygen atoms in total. The molecule has 1 fully saturated rings. The summed E-state index contributed by atoms with van der Waals surface area (Å²) >= 11 is 0. The Labute approximate surface area is 129 Å². The third-order valence-corrected chi connectivity index (χ3v) is 3.67. The number of carboxylic acid groups (broad SMARTS) is 1. The highest BCUT2D eigenvalue weighted by atomic mass is 16.4. The fourth-order valence-electron chi connectivity index (χ4n) is 2.52. The average Bonchev–Trinajstić information content (AvgIpc) is 2.93. The number of amides is 2. The number of anilines is 1. The summed E-state index contributed by atoms with van der Waals surface area (Å²) < 4.78 is 0. The minimum Gasteiger partial charge on any atom is -0.480 e. The Morgan fingerprint density at radius 2 is 2.18 bits per heavy atom. The summed E-state index contributed by atoms with van der Waals surface area (Å²) in [4.78, 5) is 36.7. The van der Waals surface area contributed by atoms with Crippen molar-refractivity contribution in [2.45, 2.75) is 38.6 Å². The SMILES string of the molecule is CCC[C@H](NC(=O)c1cccc(N2CCCC2=O)c1)C(=O)O. The second-order valence-corrected chi connectivity index (χ2v) is 5.35. The van der Waals surface area contributed by atoms with Crippen LogP contribution < -0.4 is 10.2 Å². The van der Waals surface area contributed by atoms with Gasteiger partial charge in [0.2, 0.25) is 5.91 Å². The first kappa shape index (κ1) is 16.0. The number of hydrogen-bond donors (Lipinski definition) is 2. The maximum Gasteiger partial charge on any atom is 0.326 e. The van der Waals surface area contributed by atoms with E-state index in [-0.39, 0.29) is 5.91 Å². The lowest BCUT2D eigenvalue weighted by Crippen LogP contribution is -2.40. The zero-order chi connectivity index (χ0) is 16.1. The molecule has 0 unspecified atom stereocenters. The van der Waals surface area contributed by atoms with Crippen LogP contribution in [-0.4, -0.2) is 35.5 Å². The number of rotatable bonds is 6. The predicted octanol–water partition coefficient (Wildman–Crippen LogP) is 1.80. The lowest BCUT2D eigenvalue weighted by atomic mass is 10.1. The van der Waals surface area contributed by atoms with Gasteiger partial charge in [0.15, 0.2) is 0 Å². The normalized spacial score (nSPS) is 15.7. The second-order valence-electron chi connectivity index (χ2n) is 5.35. The molecule has 0 spiro atoms. The molecule has 1 heterocycles. The summed E-state index contributed by atoms with van der Waals surface area (Å²) in [6.07, 6.45) is 2.38. The molecule has 1 aliphatic rings. The summed E-state index contributed by atoms with van der Waals surface area (Å²) in [6, 6.07) is 5.83. The molecule has 1 aromatic rings. The highest BCUT2D eigenvalue weighted by Crippen LogP contribution is 2.22. The third kappa shape index (κ3) is 3.63. The third-order valence-electron chi connectivity index (χ3n) is 3.67. The minimum atomic E-state index is -1.04. The first-order chi connectivity index (χ1) is 10.5. The summed E-state index contributed by atoms with van der Waals surface area (Å²) in [5, 5.41) is 11.6. The molecule has 2 rings (SSSR count). The van der Waals surface area contributed by atoms with Gasteiger partial charge in [0.1, 0.15) is 6.04 Å². The summed E-state index contributed by atoms with van der Waals surface area (Å²) in [5.74, 6) is -1.43. The topological polar surface area (TPSA) is 86.7 Å². The molecule has 1 aliphatic heterocycles. The number of carbonyl (C=O) groups is 3. The van der Waals surface area contributed by atoms with Gasteiger partial charge in [-0.15, -0.1) is 0 Å². The average molecular weight is 304 g/mol. The van der Waals surface area contributed by atoms with Crippen LogP contribution in [0.4, 0.5) is 5.69 Å². The van der Waals surface area contributed by atoms with E-state index in [1.54, 1.807) is 29.2 Å². The van der Waals surface area contributed by atoms with E-state index in [2.05, 4.69) is 5.32 Å². The Morgan fingerprint density at radius 3 is 2.77 bits per heavy atom. The van der Waals surface area contributed by atoms with Crippen molar-refractivity contribution >= 4 is 23.5 Å². The van der Waals surface area contributed by atoms with Crippen LogP contribution in [0, 0.1) is 0 Å². The van der Waals surface area contributed by atoms with E-state index in [0.717, 1.165) is 6.42 Å². The highest BCUT2D eigenvalue weighted by Gasteiger charge is 2.23. The Morgan fingerprint density at radius 1 is 1.41 bits per heavy atom. The van der Waals surface area contributed by atoms with E-state index in [1.165, 1.54) is 0 Å². The van der Waals surface area contributed by atoms with Gasteiger partial charge in [0, 0.05) is 24.2 Å². The molecule has 2 amide bonds. The molecule has 0 aliphatic carbocycles. The van der Waals surface area contributed by atoms with Crippen molar-refractivity contribution in [2.75, 3.05) is 11.4 Å². The van der Waals surface area contributed by atoms with Crippen LogP contribution in [-0.2, 0) is 9.59 Å². The predicted molar refractivity (Wildman–Crippen MR) is 81.8 cm³/mol. The van der Waals surface area contributed by atoms with Crippen LogP contribution in [0.15, 0.2) is 24.3 Å². The van der Waals surface area contributed by atoms with Crippen LogP contribution in [0.25, 0.3) is 0 Å². The molecule has 0 aromatic heterocycles. The van der Waals surface area contributed by atoms with Gasteiger partial charge in [-0.25, -0.2) is 4.79 Å². The van der Waals surface area contributed by atoms with Gasteiger partial charge in [0.05, 0.1) is 0 Å². The van der Waals surface area contributed by atoms with E-state index in [4.69, 9.17) is 5.11 Å². The van der Waals surface area contributed by atoms with E-state index >= 15 is 0 Å². The van der Waals surface area contributed by atoms with E-state index < -0.39 is 17.9 Å². The first-order valence-corrected chi connectivity index (χ1v) is 7.47. The number of carboxylic acids is 1. The van der Waals surface area contributed by atoms with Gasteiger partial charge in [-0.1, -0.05) is 19.4 Å². The lowest BCUT2D eigenvalue weighted by molar-refractivity contribution is -0.139. The summed E-state index contributed by atoms with van der Waals surface area (Å²) in [6.45, 7) is 2.51. The van der Waals surface area contributed by atoms with E-state index in [1.807, 2.05) is 6.92 Å². The van der Waals surface area contributed by atoms with Crippen LogP contribution in [0.5, 0.6) is 0 Å². The Balaban J connectivity index is 2.13. The van der Waals surface area contributed by atoms with Crippen molar-refractivity contribution in [1.82, 2.24) is 5.32 Å². The molecular formula is C16H20N2O4. The smallest absolute Gasteiger partial charge is 0.326 e. The molecule has 0 bridgehead atoms. The monoisotopic (exact) mass is 304 g/mol. The largest absolute Gasteiger partial charge is 0.480 e. The van der Waals surface area contributed by atoms with Crippen molar-refractivity contribution in [1.29, 1.82) is 0 Å². The molecule has 0 saturated carbocycles. The van der Waals surface area contributed by atoms with Crippen molar-refractivity contribution in [2.24, 2.45) is 0 Å². The van der Waals surface area contributed by atoms with Gasteiger partial charge < -0.3 is 15.3 Å². The molecule has 0 radical (unpaired) electrons. The Kier molecular flexibility index (Phi) is 5.14. The van der Waals surface area contributed by atoms with Crippen molar-refractivity contribution in [3.8, 4) is 0 Å². The lowest BCUT2D eigenvalue weighted by Gasteiger charge is -2.17. The van der Waals surface area contributed by atoms with Gasteiger partial charge in [-0.05, 0) is 31.0 Å². The standard InChI is InChI=1S/C16H20N2O4/c1-2-5-13(16(21)22)17-15(20)11-6-3-7-12(10-11)18-9-4-8-14(18)19/h3,6-7,10,13H,2,4-5,8-9H2,1H3,(H,17,20)(H,21,22)/t13-/m0/s1. The second kappa shape index (κ2) is 7.06. The minimum absolute atomic E-state index is 0.0481. The van der Waals surface area contributed by atoms with Crippen LogP contribution in [0.2, 0.25) is 0 Å². The zero-order valence-electron chi connectivity index (χ0n) is 12.5. The molecule has 2 N–H and O–H groups in total. The molecule has 118 valence electrons. The Hall–Kier alpha value is -2.37. The first-order valence-electron chi connectivity index (χ1n) is 7.47. The van der Waals surface area contributed by atoms with Gasteiger partial charge in [0.25, 0.3) is 5.91 Å². The maximum absolute atomic E-state index is 12.2. The zero-order valence-corrected chi connectivity index (χ0v) is 12.5. The summed E-state index contributed by atoms with van der Waals surface area (Å²) in [5.41, 5.74) is 1.04. The van der Waals surface area contributed by atoms with Gasteiger partial charge in [-0.3, -0.25) is 9.59 Å². The van der Waals surface area contributed by atoms with Crippen LogP contribution in [0.1, 0.15) is 43.0 Å². The van der Waals surface area contributed by atoms with Crippen LogP contribution >= 0.6 is 0 Å². The quantitative estimate of drug-likeness (QED) is 0.839. The van der Waals surface area contributed by atoms with Crippen molar-refractivity contribution in [3.05, 3.63) is 29.8 Å².